The first kappa shape index (κ1) is 70.1. The van der Waals surface area contributed by atoms with E-state index in [1.165, 1.54) is 6.42 Å². The predicted octanol–water partition coefficient (Wildman–Crippen LogP) is -8.41. The van der Waals surface area contributed by atoms with Gasteiger partial charge in [0.05, 0.1) is 0 Å². The molecule has 0 atom stereocenters. The Morgan fingerprint density at radius 2 is 0.211 bits per heavy atom. The zero-order chi connectivity index (χ0) is 50.8. The van der Waals surface area contributed by atoms with Gasteiger partial charge in [-0.2, -0.15) is 0 Å². The number of hydrogen-bond donors (Lipinski definition) is 23. The summed E-state index contributed by atoms with van der Waals surface area (Å²) in [6.45, 7) is 47.5. The molecule has 0 spiro atoms. The Bertz CT molecular complexity index is 839. The van der Waals surface area contributed by atoms with Crippen molar-refractivity contribution in [3.8, 4) is 0 Å². The van der Waals surface area contributed by atoms with Crippen LogP contribution in [0.25, 0.3) is 0 Å². The molecular formula is C48H121N23. The highest BCUT2D eigenvalue weighted by atomic mass is 15.1. The van der Waals surface area contributed by atoms with Gasteiger partial charge in [-0.05, 0) is 20.0 Å². The van der Waals surface area contributed by atoms with Crippen molar-refractivity contribution in [2.75, 3.05) is 302 Å². The summed E-state index contributed by atoms with van der Waals surface area (Å²) in [6.07, 6.45) is 1.20. The first-order valence-electron chi connectivity index (χ1n) is 28.6. The number of hydrogen-bond acceptors (Lipinski definition) is 23. The topological polar surface area (TPSA) is 277 Å². The second-order valence-corrected chi connectivity index (χ2v) is 17.6. The van der Waals surface area contributed by atoms with Crippen LogP contribution in [0, 0.1) is 0 Å². The van der Waals surface area contributed by atoms with E-state index in [2.05, 4.69) is 129 Å². The van der Waals surface area contributed by atoms with Crippen molar-refractivity contribution < 1.29 is 0 Å². The fourth-order valence-corrected chi connectivity index (χ4v) is 6.85. The van der Waals surface area contributed by atoms with Crippen LogP contribution in [0.1, 0.15) is 13.3 Å². The van der Waals surface area contributed by atoms with Crippen molar-refractivity contribution in [1.29, 1.82) is 0 Å². The second kappa shape index (κ2) is 69.1. The SMILES string of the molecule is CCCNCCNCCNCCNCCNCCNCCNCCNCCNCCNCCNCCNCCNCCNCCNCCNCCNCCNCCNCCNCCNCCNCCNC. The largest absolute Gasteiger partial charge is 0.318 e. The molecule has 0 fully saturated rings. The van der Waals surface area contributed by atoms with Crippen molar-refractivity contribution in [3.05, 3.63) is 0 Å². The second-order valence-electron chi connectivity index (χ2n) is 17.6. The molecular weight excluding hydrogens is 899 g/mol. The Balaban J connectivity index is 3.07. The molecule has 0 rings (SSSR count). The highest BCUT2D eigenvalue weighted by Crippen LogP contribution is 1.72. The van der Waals surface area contributed by atoms with Gasteiger partial charge in [-0.15, -0.1) is 0 Å². The third kappa shape index (κ3) is 69.1. The van der Waals surface area contributed by atoms with Crippen LogP contribution in [-0.2, 0) is 0 Å². The van der Waals surface area contributed by atoms with Gasteiger partial charge in [0, 0.05) is 288 Å². The molecule has 0 heterocycles. The quantitative estimate of drug-likeness (QED) is 0.0252. The van der Waals surface area contributed by atoms with E-state index in [9.17, 15) is 0 Å². The van der Waals surface area contributed by atoms with E-state index in [0.29, 0.717) is 0 Å². The van der Waals surface area contributed by atoms with Crippen LogP contribution in [-0.4, -0.2) is 302 Å². The van der Waals surface area contributed by atoms with E-state index in [4.69, 9.17) is 0 Å². The van der Waals surface area contributed by atoms with Gasteiger partial charge in [-0.25, -0.2) is 0 Å². The lowest BCUT2D eigenvalue weighted by molar-refractivity contribution is 0.536. The van der Waals surface area contributed by atoms with Crippen molar-refractivity contribution in [2.24, 2.45) is 0 Å². The molecule has 0 amide bonds. The molecule has 0 aliphatic carbocycles. The average Bonchev–Trinajstić information content (AvgIpc) is 3.38. The molecule has 0 saturated carbocycles. The van der Waals surface area contributed by atoms with Gasteiger partial charge in [0.15, 0.2) is 0 Å². The lowest BCUT2D eigenvalue weighted by Crippen LogP contribution is -2.39. The summed E-state index contributed by atoms with van der Waals surface area (Å²) in [4.78, 5) is 0. The Morgan fingerprint density at radius 3 is 0.296 bits per heavy atom. The minimum Gasteiger partial charge on any atom is -0.318 e. The Hall–Kier alpha value is -0.920. The Morgan fingerprint density at radius 1 is 0.127 bits per heavy atom. The number of rotatable bonds is 68. The molecule has 23 nitrogen and oxygen atoms in total. The summed E-state index contributed by atoms with van der Waals surface area (Å²) in [5, 5.41) is 79.8. The smallest absolute Gasteiger partial charge is 0.00772 e. The lowest BCUT2D eigenvalue weighted by atomic mass is 10.4. The third-order valence-electron chi connectivity index (χ3n) is 11.0. The van der Waals surface area contributed by atoms with Crippen LogP contribution in [0.15, 0.2) is 0 Å². The van der Waals surface area contributed by atoms with Crippen molar-refractivity contribution >= 4 is 0 Å². The zero-order valence-corrected chi connectivity index (χ0v) is 46.0. The molecule has 0 aromatic rings. The molecule has 428 valence electrons. The van der Waals surface area contributed by atoms with E-state index in [-0.39, 0.29) is 0 Å². The van der Waals surface area contributed by atoms with Gasteiger partial charge in [0.2, 0.25) is 0 Å². The lowest BCUT2D eigenvalue weighted by Gasteiger charge is -2.10. The van der Waals surface area contributed by atoms with E-state index in [0.717, 1.165) is 295 Å². The first-order chi connectivity index (χ1) is 35.4. The van der Waals surface area contributed by atoms with Gasteiger partial charge >= 0.3 is 0 Å². The molecule has 23 N–H and O–H groups in total. The summed E-state index contributed by atoms with van der Waals surface area (Å²) in [5.74, 6) is 0. The van der Waals surface area contributed by atoms with Crippen molar-refractivity contribution in [1.82, 2.24) is 122 Å². The summed E-state index contributed by atoms with van der Waals surface area (Å²) in [7, 11) is 1.98. The molecule has 23 heteroatoms. The van der Waals surface area contributed by atoms with Crippen LogP contribution >= 0.6 is 0 Å². The normalized spacial score (nSPS) is 11.7. The highest BCUT2D eigenvalue weighted by Gasteiger charge is 1.97. The Kier molecular flexibility index (Phi) is 68.2. The van der Waals surface area contributed by atoms with Crippen LogP contribution in [0.4, 0.5) is 0 Å². The summed E-state index contributed by atoms with van der Waals surface area (Å²) in [6, 6.07) is 0. The average molecular weight is 1020 g/mol. The molecule has 0 aromatic heterocycles. The van der Waals surface area contributed by atoms with Crippen LogP contribution in [0.2, 0.25) is 0 Å². The highest BCUT2D eigenvalue weighted by molar-refractivity contribution is 4.64. The maximum absolute atomic E-state index is 3.51. The maximum Gasteiger partial charge on any atom is 0.00772 e. The Labute approximate surface area is 436 Å². The molecule has 0 aliphatic rings. The molecule has 0 saturated heterocycles. The molecule has 0 bridgehead atoms. The van der Waals surface area contributed by atoms with E-state index in [1.54, 1.807) is 0 Å². The van der Waals surface area contributed by atoms with E-state index < -0.39 is 0 Å². The summed E-state index contributed by atoms with van der Waals surface area (Å²) < 4.78 is 0. The van der Waals surface area contributed by atoms with Crippen molar-refractivity contribution in [3.63, 3.8) is 0 Å². The summed E-state index contributed by atoms with van der Waals surface area (Å²) in [5.41, 5.74) is 0. The number of likely N-dealkylation sites (N-methyl/N-ethyl adjacent to an activating group) is 1. The van der Waals surface area contributed by atoms with Gasteiger partial charge in [0.1, 0.15) is 0 Å². The van der Waals surface area contributed by atoms with E-state index >= 15 is 0 Å². The molecule has 0 unspecified atom stereocenters. The fourth-order valence-electron chi connectivity index (χ4n) is 6.85. The number of nitrogens with one attached hydrogen (secondary N) is 23. The molecule has 0 radical (unpaired) electrons. The minimum atomic E-state index is 0.995. The first-order valence-corrected chi connectivity index (χ1v) is 28.6. The minimum absolute atomic E-state index is 0.995. The zero-order valence-electron chi connectivity index (χ0n) is 46.0. The van der Waals surface area contributed by atoms with E-state index in [1.807, 2.05) is 7.05 Å². The summed E-state index contributed by atoms with van der Waals surface area (Å²) >= 11 is 0. The maximum atomic E-state index is 3.51. The monoisotopic (exact) mass is 1020 g/mol. The standard InChI is InChI=1S/C48H121N23/c1-3-4-50-7-8-52-11-12-54-15-16-56-19-20-58-23-24-60-27-28-62-31-32-64-35-36-66-39-40-68-43-44-70-47-48-71-46-45-69-42-41-67-38-37-65-34-33-63-30-29-61-26-25-59-22-21-57-18-17-55-14-13-53-10-9-51-6-5-49-2/h49-71H,3-48H2,1-2H3. The fraction of sp³-hybridized carbons (Fsp3) is 1.00. The predicted molar refractivity (Wildman–Crippen MR) is 307 cm³/mol. The van der Waals surface area contributed by atoms with Gasteiger partial charge < -0.3 is 122 Å². The van der Waals surface area contributed by atoms with Gasteiger partial charge in [0.25, 0.3) is 0 Å². The van der Waals surface area contributed by atoms with Gasteiger partial charge in [-0.3, -0.25) is 0 Å². The van der Waals surface area contributed by atoms with Crippen LogP contribution in [0.5, 0.6) is 0 Å². The van der Waals surface area contributed by atoms with Crippen LogP contribution < -0.4 is 122 Å². The van der Waals surface area contributed by atoms with Crippen molar-refractivity contribution in [2.45, 2.75) is 13.3 Å². The molecule has 0 aliphatic heterocycles. The third-order valence-corrected chi connectivity index (χ3v) is 11.0. The molecule has 0 aromatic carbocycles. The van der Waals surface area contributed by atoms with Crippen LogP contribution in [0.3, 0.4) is 0 Å². The molecule has 71 heavy (non-hydrogen) atoms. The van der Waals surface area contributed by atoms with Gasteiger partial charge in [-0.1, -0.05) is 6.92 Å².